The van der Waals surface area contributed by atoms with Crippen LogP contribution in [0.15, 0.2) is 24.4 Å². The van der Waals surface area contributed by atoms with Gasteiger partial charge in [-0.15, -0.1) is 0 Å². The molecule has 0 aliphatic rings. The number of hydrogen-bond donors (Lipinski definition) is 3. The minimum atomic E-state index is -0.853. The van der Waals surface area contributed by atoms with Crippen LogP contribution in [-0.2, 0) is 0 Å². The summed E-state index contributed by atoms with van der Waals surface area (Å²) in [4.78, 5) is 16.1. The van der Waals surface area contributed by atoms with Crippen LogP contribution in [-0.4, -0.2) is 10.9 Å². The Bertz CT molecular complexity index is 704. The zero-order valence-corrected chi connectivity index (χ0v) is 11.5. The van der Waals surface area contributed by atoms with Crippen molar-refractivity contribution >= 4 is 17.3 Å². The van der Waals surface area contributed by atoms with Crippen molar-refractivity contribution in [3.63, 3.8) is 0 Å². The summed E-state index contributed by atoms with van der Waals surface area (Å²) >= 11 is 0. The minimum Gasteiger partial charge on any atom is -0.323 e. The number of carbonyl (C=O) groups is 1. The SMILES string of the molecule is Cc1cc(NN)c(C(=O)Nc2c(F)ccc(C)c2F)cn1. The second-order valence-electron chi connectivity index (χ2n) is 4.52. The van der Waals surface area contributed by atoms with E-state index in [1.807, 2.05) is 0 Å². The third-order valence-electron chi connectivity index (χ3n) is 2.96. The highest BCUT2D eigenvalue weighted by Gasteiger charge is 2.18. The number of nitrogens with zero attached hydrogens (tertiary/aromatic N) is 1. The molecule has 21 heavy (non-hydrogen) atoms. The molecule has 1 aromatic carbocycles. The quantitative estimate of drug-likeness (QED) is 0.600. The van der Waals surface area contributed by atoms with Crippen LogP contribution in [0.25, 0.3) is 0 Å². The minimum absolute atomic E-state index is 0.0865. The number of rotatable bonds is 3. The van der Waals surface area contributed by atoms with Crippen molar-refractivity contribution in [1.82, 2.24) is 4.98 Å². The van der Waals surface area contributed by atoms with Crippen molar-refractivity contribution in [2.45, 2.75) is 13.8 Å². The van der Waals surface area contributed by atoms with Gasteiger partial charge in [-0.3, -0.25) is 15.6 Å². The number of nitrogens with two attached hydrogens (primary N) is 1. The van der Waals surface area contributed by atoms with E-state index in [1.165, 1.54) is 19.2 Å². The van der Waals surface area contributed by atoms with Crippen molar-refractivity contribution < 1.29 is 13.6 Å². The van der Waals surface area contributed by atoms with Crippen LogP contribution in [0.4, 0.5) is 20.2 Å². The molecule has 0 aliphatic carbocycles. The van der Waals surface area contributed by atoms with Crippen molar-refractivity contribution in [2.24, 2.45) is 5.84 Å². The molecule has 0 unspecified atom stereocenters. The monoisotopic (exact) mass is 292 g/mol. The average molecular weight is 292 g/mol. The first-order chi connectivity index (χ1) is 9.93. The highest BCUT2D eigenvalue weighted by molar-refractivity contribution is 6.07. The first-order valence-corrected chi connectivity index (χ1v) is 6.13. The molecule has 1 amide bonds. The molecule has 0 fully saturated rings. The summed E-state index contributed by atoms with van der Waals surface area (Å²) in [6, 6.07) is 3.93. The number of pyridine rings is 1. The van der Waals surface area contributed by atoms with Crippen LogP contribution in [0.5, 0.6) is 0 Å². The maximum Gasteiger partial charge on any atom is 0.259 e. The van der Waals surface area contributed by atoms with Gasteiger partial charge in [0.15, 0.2) is 5.82 Å². The summed E-state index contributed by atoms with van der Waals surface area (Å²) < 4.78 is 27.5. The lowest BCUT2D eigenvalue weighted by atomic mass is 10.1. The van der Waals surface area contributed by atoms with Gasteiger partial charge in [-0.1, -0.05) is 6.07 Å². The smallest absolute Gasteiger partial charge is 0.259 e. The van der Waals surface area contributed by atoms with E-state index in [2.05, 4.69) is 15.7 Å². The van der Waals surface area contributed by atoms with E-state index in [1.54, 1.807) is 13.0 Å². The van der Waals surface area contributed by atoms with E-state index in [9.17, 15) is 13.6 Å². The Kier molecular flexibility index (Phi) is 4.13. The van der Waals surface area contributed by atoms with Crippen LogP contribution >= 0.6 is 0 Å². The fourth-order valence-corrected chi connectivity index (χ4v) is 1.81. The summed E-state index contributed by atoms with van der Waals surface area (Å²) in [6.07, 6.45) is 1.28. The van der Waals surface area contributed by atoms with Crippen LogP contribution in [0.3, 0.4) is 0 Å². The van der Waals surface area contributed by atoms with Crippen molar-refractivity contribution in [3.8, 4) is 0 Å². The summed E-state index contributed by atoms with van der Waals surface area (Å²) in [5.74, 6) is 2.95. The Morgan fingerprint density at radius 2 is 2.00 bits per heavy atom. The second-order valence-corrected chi connectivity index (χ2v) is 4.52. The van der Waals surface area contributed by atoms with Gasteiger partial charge in [0.25, 0.3) is 5.91 Å². The number of halogens is 2. The van der Waals surface area contributed by atoms with Gasteiger partial charge < -0.3 is 10.7 Å². The molecule has 2 aromatic rings. The molecular weight excluding hydrogens is 278 g/mol. The van der Waals surface area contributed by atoms with Crippen molar-refractivity contribution in [1.29, 1.82) is 0 Å². The van der Waals surface area contributed by atoms with Gasteiger partial charge in [-0.05, 0) is 31.5 Å². The van der Waals surface area contributed by atoms with E-state index >= 15 is 0 Å². The van der Waals surface area contributed by atoms with Crippen molar-refractivity contribution in [2.75, 3.05) is 10.7 Å². The van der Waals surface area contributed by atoms with E-state index in [0.29, 0.717) is 11.4 Å². The van der Waals surface area contributed by atoms with Crippen LogP contribution < -0.4 is 16.6 Å². The lowest BCUT2D eigenvalue weighted by Gasteiger charge is -2.12. The molecule has 0 bridgehead atoms. The number of anilines is 2. The molecule has 0 saturated carbocycles. The predicted octanol–water partition coefficient (Wildman–Crippen LogP) is 2.51. The van der Waals surface area contributed by atoms with Crippen molar-refractivity contribution in [3.05, 3.63) is 52.9 Å². The van der Waals surface area contributed by atoms with E-state index in [0.717, 1.165) is 6.07 Å². The fourth-order valence-electron chi connectivity index (χ4n) is 1.81. The van der Waals surface area contributed by atoms with E-state index in [4.69, 9.17) is 5.84 Å². The number of aryl methyl sites for hydroxylation is 2. The summed E-state index contributed by atoms with van der Waals surface area (Å²) in [7, 11) is 0. The summed E-state index contributed by atoms with van der Waals surface area (Å²) in [6.45, 7) is 3.20. The van der Waals surface area contributed by atoms with E-state index < -0.39 is 23.2 Å². The topological polar surface area (TPSA) is 80.0 Å². The molecule has 5 nitrogen and oxygen atoms in total. The molecule has 2 rings (SSSR count). The van der Waals surface area contributed by atoms with E-state index in [-0.39, 0.29) is 11.1 Å². The maximum absolute atomic E-state index is 13.9. The fraction of sp³-hybridized carbons (Fsp3) is 0.143. The first kappa shape index (κ1) is 14.9. The third-order valence-corrected chi connectivity index (χ3v) is 2.96. The molecule has 0 saturated heterocycles. The van der Waals surface area contributed by atoms with Gasteiger partial charge in [0, 0.05) is 11.9 Å². The second kappa shape index (κ2) is 5.84. The van der Waals surface area contributed by atoms with Gasteiger partial charge in [0.2, 0.25) is 0 Å². The Labute approximate surface area is 120 Å². The largest absolute Gasteiger partial charge is 0.323 e. The summed E-state index contributed by atoms with van der Waals surface area (Å²) in [5, 5.41) is 2.21. The molecule has 0 aliphatic heterocycles. The number of benzene rings is 1. The highest BCUT2D eigenvalue weighted by atomic mass is 19.1. The van der Waals surface area contributed by atoms with Gasteiger partial charge in [-0.25, -0.2) is 8.78 Å². The Morgan fingerprint density at radius 3 is 2.67 bits per heavy atom. The number of carbonyl (C=O) groups excluding carboxylic acids is 1. The molecule has 0 atom stereocenters. The Hall–Kier alpha value is -2.54. The molecule has 1 aromatic heterocycles. The van der Waals surface area contributed by atoms with Crippen LogP contribution in [0.1, 0.15) is 21.6 Å². The standard InChI is InChI=1S/C14H14F2N4O/c1-7-3-4-10(15)13(12(7)16)19-14(21)9-6-18-8(2)5-11(9)20-17/h3-6H,17H2,1-2H3,(H,18,20)(H,19,21). The molecular formula is C14H14F2N4O. The number of nitrogens with one attached hydrogen (secondary N) is 2. The summed E-state index contributed by atoms with van der Waals surface area (Å²) in [5.41, 5.74) is 3.13. The van der Waals surface area contributed by atoms with Gasteiger partial charge in [-0.2, -0.15) is 0 Å². The van der Waals surface area contributed by atoms with Crippen LogP contribution in [0.2, 0.25) is 0 Å². The van der Waals surface area contributed by atoms with Gasteiger partial charge in [0.1, 0.15) is 11.5 Å². The molecule has 110 valence electrons. The normalized spacial score (nSPS) is 10.3. The maximum atomic E-state index is 13.9. The lowest BCUT2D eigenvalue weighted by molar-refractivity contribution is 0.102. The average Bonchev–Trinajstić information content (AvgIpc) is 2.47. The number of aromatic nitrogens is 1. The van der Waals surface area contributed by atoms with Crippen LogP contribution in [0, 0.1) is 25.5 Å². The zero-order valence-electron chi connectivity index (χ0n) is 11.5. The Balaban J connectivity index is 2.37. The third kappa shape index (κ3) is 2.97. The molecule has 0 spiro atoms. The molecule has 0 radical (unpaired) electrons. The zero-order chi connectivity index (χ0) is 15.6. The predicted molar refractivity (Wildman–Crippen MR) is 75.8 cm³/mol. The number of hydrazine groups is 1. The van der Waals surface area contributed by atoms with Gasteiger partial charge in [0.05, 0.1) is 11.3 Å². The number of hydrogen-bond acceptors (Lipinski definition) is 4. The first-order valence-electron chi connectivity index (χ1n) is 6.13. The number of amides is 1. The Morgan fingerprint density at radius 1 is 1.29 bits per heavy atom. The number of nitrogen functional groups attached to an aromatic ring is 1. The molecule has 1 heterocycles. The van der Waals surface area contributed by atoms with Gasteiger partial charge >= 0.3 is 0 Å². The highest BCUT2D eigenvalue weighted by Crippen LogP contribution is 2.23. The lowest BCUT2D eigenvalue weighted by Crippen LogP contribution is -2.19. The molecule has 7 heteroatoms. The molecule has 4 N–H and O–H groups in total.